The van der Waals surface area contributed by atoms with Crippen molar-refractivity contribution in [1.29, 1.82) is 0 Å². The number of Topliss-reactive ketones (excluding diaryl/α,β-unsaturated/α-hetero) is 1. The summed E-state index contributed by atoms with van der Waals surface area (Å²) in [5, 5.41) is 8.43. The third kappa shape index (κ3) is 4.68. The molecule has 0 amide bonds. The fourth-order valence-electron chi connectivity index (χ4n) is 5.55. The molecule has 2 aliphatic rings. The van der Waals surface area contributed by atoms with Gasteiger partial charge in [0.15, 0.2) is 23.0 Å². The minimum Gasteiger partial charge on any atom is -0.491 e. The molecule has 4 aromatic rings. The Balaban J connectivity index is 1.33. The molecule has 0 radical (unpaired) electrons. The molecule has 5 heterocycles. The molecule has 6 rings (SSSR count). The molecule has 11 nitrogen and oxygen atoms in total. The number of imidazole rings is 1. The molecule has 2 fully saturated rings. The minimum absolute atomic E-state index is 0.0308. The second-order valence-electron chi connectivity index (χ2n) is 11.7. The molecule has 210 valence electrons. The van der Waals surface area contributed by atoms with Crippen LogP contribution in [0.4, 0.5) is 11.8 Å². The fraction of sp³-hybridized carbons (Fsp3) is 0.483. The van der Waals surface area contributed by atoms with E-state index in [1.165, 1.54) is 6.92 Å². The summed E-state index contributed by atoms with van der Waals surface area (Å²) in [4.78, 5) is 25.1. The Kier molecular flexibility index (Phi) is 6.29. The number of hydrogen-bond acceptors (Lipinski definition) is 9. The van der Waals surface area contributed by atoms with Crippen LogP contribution >= 0.6 is 0 Å². The molecule has 40 heavy (non-hydrogen) atoms. The summed E-state index contributed by atoms with van der Waals surface area (Å²) < 4.78 is 22.1. The van der Waals surface area contributed by atoms with Crippen molar-refractivity contribution >= 4 is 28.7 Å². The highest BCUT2D eigenvalue weighted by atomic mass is 16.5. The van der Waals surface area contributed by atoms with Crippen molar-refractivity contribution in [2.24, 2.45) is 7.05 Å². The first-order chi connectivity index (χ1) is 19.1. The van der Waals surface area contributed by atoms with Gasteiger partial charge >= 0.3 is 0 Å². The molecule has 1 unspecified atom stereocenters. The number of nitrogens with one attached hydrogen (secondary N) is 1. The van der Waals surface area contributed by atoms with E-state index in [-0.39, 0.29) is 29.3 Å². The molecule has 1 saturated carbocycles. The summed E-state index contributed by atoms with van der Waals surface area (Å²) in [6, 6.07) is 5.82. The number of rotatable bonds is 8. The zero-order valence-corrected chi connectivity index (χ0v) is 23.8. The van der Waals surface area contributed by atoms with Crippen LogP contribution in [0.3, 0.4) is 0 Å². The molecule has 4 aromatic heterocycles. The molecule has 1 saturated heterocycles. The van der Waals surface area contributed by atoms with Gasteiger partial charge in [0.1, 0.15) is 17.0 Å². The van der Waals surface area contributed by atoms with Gasteiger partial charge in [-0.1, -0.05) is 20.8 Å². The standard InChI is InChI=1S/C29H35N7O4/c1-17(37)13-18-14-19(7-11-30-18)40-20-16-31-26-24(25(20)38-6)35(5)27(33-26)32-23-15-22(28(2,3)4)36(34-23)21-8-12-39-29(21)9-10-29/h7,11,14-16,21H,8-10,12-13H2,1-6H3,(H,31,32,33,34). The van der Waals surface area contributed by atoms with Crippen LogP contribution in [0.2, 0.25) is 0 Å². The van der Waals surface area contributed by atoms with Gasteiger partial charge in [-0.15, -0.1) is 0 Å². The number of nitrogens with zero attached hydrogens (tertiary/aromatic N) is 6. The molecule has 1 aliphatic carbocycles. The van der Waals surface area contributed by atoms with Gasteiger partial charge in [-0.25, -0.2) is 4.98 Å². The number of ketones is 1. The van der Waals surface area contributed by atoms with Crippen molar-refractivity contribution in [2.75, 3.05) is 19.0 Å². The van der Waals surface area contributed by atoms with Gasteiger partial charge in [-0.2, -0.15) is 10.1 Å². The van der Waals surface area contributed by atoms with Gasteiger partial charge in [-0.05, 0) is 32.3 Å². The van der Waals surface area contributed by atoms with Crippen molar-refractivity contribution in [1.82, 2.24) is 29.3 Å². The number of aromatic nitrogens is 6. The lowest BCUT2D eigenvalue weighted by Crippen LogP contribution is -2.28. The smallest absolute Gasteiger partial charge is 0.211 e. The van der Waals surface area contributed by atoms with Crippen LogP contribution in [0.5, 0.6) is 17.2 Å². The van der Waals surface area contributed by atoms with Gasteiger partial charge < -0.3 is 24.1 Å². The lowest BCUT2D eigenvalue weighted by molar-refractivity contribution is -0.116. The average Bonchev–Trinajstić information content (AvgIpc) is 3.20. The number of pyridine rings is 2. The first kappa shape index (κ1) is 26.2. The molecule has 0 aromatic carbocycles. The van der Waals surface area contributed by atoms with E-state index in [9.17, 15) is 4.79 Å². The maximum atomic E-state index is 11.5. The van der Waals surface area contributed by atoms with Crippen molar-refractivity contribution < 1.29 is 19.0 Å². The number of carbonyl (C=O) groups excluding carboxylic acids is 1. The lowest BCUT2D eigenvalue weighted by Gasteiger charge is -2.26. The van der Waals surface area contributed by atoms with Crippen LogP contribution in [-0.2, 0) is 28.4 Å². The third-order valence-corrected chi connectivity index (χ3v) is 7.64. The molecular weight excluding hydrogens is 510 g/mol. The first-order valence-corrected chi connectivity index (χ1v) is 13.6. The molecule has 1 atom stereocenters. The maximum absolute atomic E-state index is 11.5. The summed E-state index contributed by atoms with van der Waals surface area (Å²) in [5.74, 6) is 2.80. The Morgan fingerprint density at radius 2 is 2.05 bits per heavy atom. The predicted octanol–water partition coefficient (Wildman–Crippen LogP) is 5.03. The topological polar surface area (TPSA) is 118 Å². The first-order valence-electron chi connectivity index (χ1n) is 13.6. The van der Waals surface area contributed by atoms with E-state index >= 15 is 0 Å². The van der Waals surface area contributed by atoms with Crippen LogP contribution in [0, 0.1) is 0 Å². The monoisotopic (exact) mass is 545 g/mol. The van der Waals surface area contributed by atoms with Gasteiger partial charge in [0.2, 0.25) is 5.95 Å². The summed E-state index contributed by atoms with van der Waals surface area (Å²) in [7, 11) is 3.48. The number of methoxy groups -OCH3 is 1. The SMILES string of the molecule is COc1c(Oc2ccnc(CC(C)=O)c2)cnc2nc(Nc3cc(C(C)(C)C)n(C4CCOC45CC5)n3)n(C)c12. The second-order valence-corrected chi connectivity index (χ2v) is 11.7. The summed E-state index contributed by atoms with van der Waals surface area (Å²) in [6.45, 7) is 8.92. The lowest BCUT2D eigenvalue weighted by atomic mass is 9.91. The predicted molar refractivity (Wildman–Crippen MR) is 150 cm³/mol. The van der Waals surface area contributed by atoms with Crippen LogP contribution in [-0.4, -0.2) is 54.4 Å². The Bertz CT molecular complexity index is 1600. The zero-order chi connectivity index (χ0) is 28.2. The number of hydrogen-bond donors (Lipinski definition) is 1. The summed E-state index contributed by atoms with van der Waals surface area (Å²) >= 11 is 0. The normalized spacial score (nSPS) is 17.9. The molecular formula is C29H35N7O4. The highest BCUT2D eigenvalue weighted by Crippen LogP contribution is 2.54. The largest absolute Gasteiger partial charge is 0.491 e. The molecule has 1 aliphatic heterocycles. The summed E-state index contributed by atoms with van der Waals surface area (Å²) in [5.41, 5.74) is 2.83. The second kappa shape index (κ2) is 9.58. The van der Waals surface area contributed by atoms with Crippen molar-refractivity contribution in [3.8, 4) is 17.2 Å². The third-order valence-electron chi connectivity index (χ3n) is 7.64. The Hall–Kier alpha value is -3.99. The Morgan fingerprint density at radius 3 is 2.75 bits per heavy atom. The van der Waals surface area contributed by atoms with Gasteiger partial charge in [-0.3, -0.25) is 14.5 Å². The Labute approximate surface area is 232 Å². The number of ether oxygens (including phenoxy) is 3. The van der Waals surface area contributed by atoms with Crippen LogP contribution in [0.25, 0.3) is 11.2 Å². The van der Waals surface area contributed by atoms with Gasteiger partial charge in [0.25, 0.3) is 0 Å². The van der Waals surface area contributed by atoms with E-state index in [4.69, 9.17) is 24.3 Å². The summed E-state index contributed by atoms with van der Waals surface area (Å²) in [6.07, 6.45) is 6.58. The number of aryl methyl sites for hydroxylation is 1. The van der Waals surface area contributed by atoms with E-state index < -0.39 is 0 Å². The fourth-order valence-corrected chi connectivity index (χ4v) is 5.55. The zero-order valence-electron chi connectivity index (χ0n) is 23.8. The van der Waals surface area contributed by atoms with Crippen LogP contribution in [0.15, 0.2) is 30.6 Å². The number of anilines is 2. The van der Waals surface area contributed by atoms with E-state index in [1.54, 1.807) is 31.6 Å². The van der Waals surface area contributed by atoms with Crippen LogP contribution in [0.1, 0.15) is 64.4 Å². The van der Waals surface area contributed by atoms with E-state index in [0.29, 0.717) is 40.1 Å². The van der Waals surface area contributed by atoms with Crippen molar-refractivity contribution in [3.05, 3.63) is 42.0 Å². The van der Waals surface area contributed by atoms with E-state index in [1.807, 2.05) is 11.6 Å². The quantitative estimate of drug-likeness (QED) is 0.325. The minimum atomic E-state index is -0.0911. The highest BCUT2D eigenvalue weighted by Gasteiger charge is 2.56. The molecule has 1 N–H and O–H groups in total. The van der Waals surface area contributed by atoms with Crippen molar-refractivity contribution in [3.63, 3.8) is 0 Å². The van der Waals surface area contributed by atoms with Gasteiger partial charge in [0, 0.05) is 49.5 Å². The molecule has 0 bridgehead atoms. The molecule has 1 spiro atoms. The molecule has 11 heteroatoms. The van der Waals surface area contributed by atoms with E-state index in [2.05, 4.69) is 46.8 Å². The van der Waals surface area contributed by atoms with Gasteiger partial charge in [0.05, 0.1) is 30.6 Å². The number of fused-ring (bicyclic) bond motifs is 1. The maximum Gasteiger partial charge on any atom is 0.211 e. The van der Waals surface area contributed by atoms with Crippen molar-refractivity contribution in [2.45, 2.75) is 70.4 Å². The Morgan fingerprint density at radius 1 is 1.25 bits per heavy atom. The highest BCUT2D eigenvalue weighted by molar-refractivity contribution is 5.84. The van der Waals surface area contributed by atoms with E-state index in [0.717, 1.165) is 37.4 Å². The average molecular weight is 546 g/mol. The number of carbonyl (C=O) groups is 1. The van der Waals surface area contributed by atoms with Crippen LogP contribution < -0.4 is 14.8 Å².